The number of carbonyl (C=O) groups excluding carboxylic acids is 1. The smallest absolute Gasteiger partial charge is 0.317 e. The zero-order chi connectivity index (χ0) is 32.6. The van der Waals surface area contributed by atoms with Gasteiger partial charge in [0.25, 0.3) is 5.56 Å². The predicted molar refractivity (Wildman–Crippen MR) is 164 cm³/mol. The molecule has 3 heterocycles. The van der Waals surface area contributed by atoms with Crippen LogP contribution in [0.2, 0.25) is 5.02 Å². The van der Waals surface area contributed by atoms with Gasteiger partial charge in [0.1, 0.15) is 17.9 Å². The number of alkyl halides is 3. The Labute approximate surface area is 268 Å². The second-order valence-corrected chi connectivity index (χ2v) is 11.9. The van der Waals surface area contributed by atoms with E-state index in [2.05, 4.69) is 26.0 Å². The van der Waals surface area contributed by atoms with Gasteiger partial charge in [-0.3, -0.25) is 18.8 Å². The molecule has 5 rings (SSSR count). The summed E-state index contributed by atoms with van der Waals surface area (Å²) >= 11 is 9.20. The van der Waals surface area contributed by atoms with Gasteiger partial charge in [0.15, 0.2) is 11.2 Å². The Balaban J connectivity index is 1.41. The van der Waals surface area contributed by atoms with Crippen molar-refractivity contribution in [2.24, 2.45) is 14.1 Å². The Kier molecular flexibility index (Phi) is 9.10. The summed E-state index contributed by atoms with van der Waals surface area (Å²) in [5.41, 5.74) is 0.118. The molecule has 10 nitrogen and oxygen atoms in total. The van der Waals surface area contributed by atoms with Gasteiger partial charge in [-0.1, -0.05) is 45.7 Å². The van der Waals surface area contributed by atoms with Crippen LogP contribution >= 0.6 is 27.5 Å². The summed E-state index contributed by atoms with van der Waals surface area (Å²) in [5, 5.41) is 4.05. The molecule has 0 unspecified atom stereocenters. The second kappa shape index (κ2) is 12.7. The number of aryl methyl sites for hydroxylation is 1. The van der Waals surface area contributed by atoms with Crippen LogP contribution in [-0.2, 0) is 46.3 Å². The highest BCUT2D eigenvalue weighted by Crippen LogP contribution is 2.35. The second-order valence-electron chi connectivity index (χ2n) is 10.6. The van der Waals surface area contributed by atoms with Crippen molar-refractivity contribution < 1.29 is 22.6 Å². The standard InChI is InChI=1S/C30H27BrClF3N7O3/c1-38(15-19-9-10-23(32)22(13-19)30(33,34)35)17-21-8-5-11-42(37-21)25(43)14-24-36-27-26(28(44)40(3)29(45)39(27)2)41(24)16-18-6-4-7-20(31)12-18/h4-13H,14-17H2,1-3H3/q+1. The molecular weight excluding hydrogens is 679 g/mol. The molecule has 3 aromatic heterocycles. The third-order valence-electron chi connectivity index (χ3n) is 7.19. The molecule has 0 bridgehead atoms. The van der Waals surface area contributed by atoms with E-state index in [4.69, 9.17) is 11.6 Å². The molecule has 234 valence electrons. The summed E-state index contributed by atoms with van der Waals surface area (Å²) in [4.78, 5) is 45.6. The van der Waals surface area contributed by atoms with Gasteiger partial charge in [0.2, 0.25) is 6.20 Å². The Morgan fingerprint density at radius 2 is 1.78 bits per heavy atom. The van der Waals surface area contributed by atoms with Crippen LogP contribution in [0.1, 0.15) is 33.0 Å². The first-order chi connectivity index (χ1) is 21.2. The van der Waals surface area contributed by atoms with Gasteiger partial charge >= 0.3 is 17.8 Å². The van der Waals surface area contributed by atoms with Crippen molar-refractivity contribution in [2.75, 3.05) is 7.05 Å². The normalized spacial score (nSPS) is 11.9. The highest BCUT2D eigenvalue weighted by Gasteiger charge is 2.33. The van der Waals surface area contributed by atoms with E-state index in [0.29, 0.717) is 11.3 Å². The van der Waals surface area contributed by atoms with Crippen molar-refractivity contribution in [2.45, 2.75) is 32.2 Å². The molecule has 0 aliphatic heterocycles. The van der Waals surface area contributed by atoms with Gasteiger partial charge in [0.05, 0.1) is 10.6 Å². The number of benzene rings is 2. The highest BCUT2D eigenvalue weighted by atomic mass is 79.9. The highest BCUT2D eigenvalue weighted by molar-refractivity contribution is 9.10. The van der Waals surface area contributed by atoms with Crippen molar-refractivity contribution in [1.82, 2.24) is 28.7 Å². The molecule has 15 heteroatoms. The van der Waals surface area contributed by atoms with Gasteiger partial charge in [-0.15, -0.1) is 0 Å². The Morgan fingerprint density at radius 1 is 1.02 bits per heavy atom. The Hall–Kier alpha value is -4.14. The lowest BCUT2D eigenvalue weighted by atomic mass is 10.1. The first-order valence-electron chi connectivity index (χ1n) is 13.6. The third-order valence-corrected chi connectivity index (χ3v) is 8.02. The first-order valence-corrected chi connectivity index (χ1v) is 14.7. The van der Waals surface area contributed by atoms with E-state index in [1.165, 1.54) is 37.0 Å². The van der Waals surface area contributed by atoms with Crippen LogP contribution in [-0.4, -0.2) is 41.6 Å². The maximum absolute atomic E-state index is 13.5. The number of rotatable bonds is 8. The average molecular weight is 706 g/mol. The van der Waals surface area contributed by atoms with E-state index < -0.39 is 28.9 Å². The van der Waals surface area contributed by atoms with Gasteiger partial charge in [-0.25, -0.2) is 14.6 Å². The summed E-state index contributed by atoms with van der Waals surface area (Å²) in [7, 11) is 4.62. The molecule has 0 spiro atoms. The van der Waals surface area contributed by atoms with Crippen molar-refractivity contribution in [1.29, 1.82) is 0 Å². The monoisotopic (exact) mass is 704 g/mol. The molecule has 0 fully saturated rings. The van der Waals surface area contributed by atoms with E-state index in [0.717, 1.165) is 25.4 Å². The maximum Gasteiger partial charge on any atom is 0.424 e. The number of imidazole rings is 1. The average Bonchev–Trinajstić information content (AvgIpc) is 3.33. The molecule has 0 aliphatic carbocycles. The number of halogens is 5. The Morgan fingerprint density at radius 3 is 2.49 bits per heavy atom. The van der Waals surface area contributed by atoms with Crippen molar-refractivity contribution in [3.63, 3.8) is 0 Å². The zero-order valence-electron chi connectivity index (χ0n) is 24.3. The van der Waals surface area contributed by atoms with Crippen LogP contribution in [0, 0.1) is 0 Å². The molecule has 0 aliphatic rings. The van der Waals surface area contributed by atoms with E-state index in [1.807, 2.05) is 24.3 Å². The molecule has 0 saturated carbocycles. The van der Waals surface area contributed by atoms with Crippen LogP contribution in [0.4, 0.5) is 13.2 Å². The maximum atomic E-state index is 13.5. The zero-order valence-corrected chi connectivity index (χ0v) is 26.7. The lowest BCUT2D eigenvalue weighted by molar-refractivity contribution is -0.638. The number of aromatic nitrogens is 6. The minimum absolute atomic E-state index is 0.158. The Bertz CT molecular complexity index is 2060. The summed E-state index contributed by atoms with van der Waals surface area (Å²) < 4.78 is 45.8. The fourth-order valence-electron chi connectivity index (χ4n) is 5.03. The lowest BCUT2D eigenvalue weighted by Gasteiger charge is -2.17. The summed E-state index contributed by atoms with van der Waals surface area (Å²) in [6, 6.07) is 14.6. The van der Waals surface area contributed by atoms with Crippen molar-refractivity contribution in [3.8, 4) is 0 Å². The van der Waals surface area contributed by atoms with Crippen LogP contribution in [0.5, 0.6) is 0 Å². The predicted octanol–water partition coefficient (Wildman–Crippen LogP) is 4.11. The fourth-order valence-corrected chi connectivity index (χ4v) is 5.70. The SMILES string of the molecule is CN(Cc1ccc(Cl)c(C(F)(F)F)c1)Cc1ccc[n+](C(=O)Cc2nc3c(c(=O)n(C)c(=O)n3C)n2Cc2cccc(Br)c2)n1. The molecule has 0 atom stereocenters. The summed E-state index contributed by atoms with van der Waals surface area (Å²) in [6.07, 6.45) is -3.32. The molecule has 0 saturated heterocycles. The molecule has 45 heavy (non-hydrogen) atoms. The van der Waals surface area contributed by atoms with Crippen LogP contribution in [0.15, 0.2) is 74.9 Å². The minimum Gasteiger partial charge on any atom is -0.317 e. The molecule has 0 radical (unpaired) electrons. The van der Waals surface area contributed by atoms with Crippen molar-refractivity contribution >= 4 is 44.6 Å². The number of fused-ring (bicyclic) bond motifs is 1. The van der Waals surface area contributed by atoms with Crippen molar-refractivity contribution in [3.05, 3.63) is 119 Å². The van der Waals surface area contributed by atoms with Gasteiger partial charge < -0.3 is 4.57 Å². The summed E-state index contributed by atoms with van der Waals surface area (Å²) in [5.74, 6) is -0.173. The van der Waals surface area contributed by atoms with Crippen LogP contribution in [0.3, 0.4) is 0 Å². The van der Waals surface area contributed by atoms with E-state index in [9.17, 15) is 27.6 Å². The van der Waals surface area contributed by atoms with E-state index >= 15 is 0 Å². The topological polar surface area (TPSA) is 98.9 Å². The molecular formula is C30H27BrClF3N7O3+. The first kappa shape index (κ1) is 32.3. The molecule has 2 aromatic carbocycles. The fraction of sp³-hybridized carbons (Fsp3) is 0.267. The van der Waals surface area contributed by atoms with Crippen LogP contribution in [0.25, 0.3) is 11.2 Å². The van der Waals surface area contributed by atoms with Gasteiger partial charge in [-0.05, 0) is 53.2 Å². The quantitative estimate of drug-likeness (QED) is 0.226. The lowest BCUT2D eigenvalue weighted by Crippen LogP contribution is -2.47. The number of hydrogen-bond donors (Lipinski definition) is 0. The summed E-state index contributed by atoms with van der Waals surface area (Å²) in [6.45, 7) is 0.630. The van der Waals surface area contributed by atoms with Gasteiger partial charge in [-0.2, -0.15) is 13.2 Å². The minimum atomic E-state index is -4.57. The number of hydrogen-bond acceptors (Lipinski definition) is 6. The third kappa shape index (κ3) is 6.92. The van der Waals surface area contributed by atoms with E-state index in [1.54, 1.807) is 28.6 Å². The van der Waals surface area contributed by atoms with Crippen LogP contribution < -0.4 is 15.9 Å². The van der Waals surface area contributed by atoms with E-state index in [-0.39, 0.29) is 48.1 Å². The number of carbonyl (C=O) groups is 1. The number of nitrogens with zero attached hydrogens (tertiary/aromatic N) is 7. The van der Waals surface area contributed by atoms with Gasteiger partial charge in [0, 0.05) is 49.4 Å². The molecule has 0 N–H and O–H groups in total. The largest absolute Gasteiger partial charge is 0.424 e. The molecule has 5 aromatic rings. The molecule has 0 amide bonds.